The third-order valence-corrected chi connectivity index (χ3v) is 3.27. The van der Waals surface area contributed by atoms with Gasteiger partial charge in [0.05, 0.1) is 12.1 Å². The van der Waals surface area contributed by atoms with E-state index in [-0.39, 0.29) is 18.2 Å². The molecule has 2 aliphatic rings. The van der Waals surface area contributed by atoms with Crippen LogP contribution in [-0.2, 0) is 9.47 Å². The van der Waals surface area contributed by atoms with E-state index < -0.39 is 5.60 Å². The third kappa shape index (κ3) is 3.59. The molecule has 0 aromatic carbocycles. The van der Waals surface area contributed by atoms with Gasteiger partial charge in [-0.15, -0.1) is 0 Å². The zero-order chi connectivity index (χ0) is 13.2. The highest BCUT2D eigenvalue weighted by Gasteiger charge is 2.33. The van der Waals surface area contributed by atoms with E-state index in [1.807, 2.05) is 20.8 Å². The molecule has 18 heavy (non-hydrogen) atoms. The first kappa shape index (κ1) is 13.6. The summed E-state index contributed by atoms with van der Waals surface area (Å²) in [6.45, 7) is 8.72. The average molecular weight is 256 g/mol. The summed E-state index contributed by atoms with van der Waals surface area (Å²) in [5.74, 6) is 0. The van der Waals surface area contributed by atoms with Crippen molar-refractivity contribution in [1.82, 2.24) is 10.2 Å². The molecule has 1 amide bonds. The molecule has 0 aromatic rings. The van der Waals surface area contributed by atoms with Crippen molar-refractivity contribution < 1.29 is 14.3 Å². The molecule has 0 spiro atoms. The van der Waals surface area contributed by atoms with Crippen molar-refractivity contribution in [3.05, 3.63) is 0 Å². The van der Waals surface area contributed by atoms with Gasteiger partial charge in [0.2, 0.25) is 0 Å². The molecule has 0 bridgehead atoms. The summed E-state index contributed by atoms with van der Waals surface area (Å²) in [5, 5.41) is 3.43. The van der Waals surface area contributed by atoms with Gasteiger partial charge >= 0.3 is 6.09 Å². The molecule has 2 aliphatic heterocycles. The Hall–Kier alpha value is -0.810. The summed E-state index contributed by atoms with van der Waals surface area (Å²) in [4.78, 5) is 13.8. The van der Waals surface area contributed by atoms with Gasteiger partial charge in [-0.05, 0) is 33.6 Å². The van der Waals surface area contributed by atoms with Gasteiger partial charge in [0.25, 0.3) is 0 Å². The minimum atomic E-state index is -0.429. The SMILES string of the molecule is CC(C)(C)OC(=O)N1CCNC(C2CCCO2)C1. The van der Waals surface area contributed by atoms with Crippen LogP contribution in [0.2, 0.25) is 0 Å². The Morgan fingerprint density at radius 3 is 2.83 bits per heavy atom. The lowest BCUT2D eigenvalue weighted by atomic mass is 10.1. The van der Waals surface area contributed by atoms with Gasteiger partial charge in [-0.3, -0.25) is 0 Å². The number of rotatable bonds is 1. The molecular formula is C13H24N2O3. The number of carbonyl (C=O) groups excluding carboxylic acids is 1. The fourth-order valence-electron chi connectivity index (χ4n) is 2.44. The average Bonchev–Trinajstić information content (AvgIpc) is 2.80. The Labute approximate surface area is 109 Å². The Morgan fingerprint density at radius 1 is 1.44 bits per heavy atom. The van der Waals surface area contributed by atoms with Gasteiger partial charge in [0, 0.05) is 26.2 Å². The van der Waals surface area contributed by atoms with E-state index in [1.54, 1.807) is 4.90 Å². The molecular weight excluding hydrogens is 232 g/mol. The maximum Gasteiger partial charge on any atom is 0.410 e. The zero-order valence-corrected chi connectivity index (χ0v) is 11.6. The van der Waals surface area contributed by atoms with Gasteiger partial charge < -0.3 is 19.7 Å². The number of hydrogen-bond acceptors (Lipinski definition) is 4. The van der Waals surface area contributed by atoms with Crippen LogP contribution in [0.5, 0.6) is 0 Å². The molecule has 2 unspecified atom stereocenters. The number of nitrogens with zero attached hydrogens (tertiary/aromatic N) is 1. The van der Waals surface area contributed by atoms with Crippen molar-refractivity contribution in [2.75, 3.05) is 26.2 Å². The van der Waals surface area contributed by atoms with Crippen LogP contribution in [0.1, 0.15) is 33.6 Å². The normalized spacial score (nSPS) is 29.4. The first-order valence-corrected chi connectivity index (χ1v) is 6.78. The van der Waals surface area contributed by atoms with E-state index in [2.05, 4.69) is 5.32 Å². The number of ether oxygens (including phenoxy) is 2. The summed E-state index contributed by atoms with van der Waals surface area (Å²) in [6, 6.07) is 0.244. The third-order valence-electron chi connectivity index (χ3n) is 3.27. The summed E-state index contributed by atoms with van der Waals surface area (Å²) in [5.41, 5.74) is -0.429. The highest BCUT2D eigenvalue weighted by Crippen LogP contribution is 2.19. The zero-order valence-electron chi connectivity index (χ0n) is 11.6. The molecule has 2 heterocycles. The van der Waals surface area contributed by atoms with Crippen molar-refractivity contribution in [2.45, 2.75) is 51.4 Å². The summed E-state index contributed by atoms with van der Waals surface area (Å²) >= 11 is 0. The summed E-state index contributed by atoms with van der Waals surface area (Å²) in [6.07, 6.45) is 2.23. The predicted octanol–water partition coefficient (Wildman–Crippen LogP) is 1.37. The molecule has 0 saturated carbocycles. The van der Waals surface area contributed by atoms with Crippen molar-refractivity contribution in [3.8, 4) is 0 Å². The maximum atomic E-state index is 12.0. The van der Waals surface area contributed by atoms with Gasteiger partial charge in [0.15, 0.2) is 0 Å². The van der Waals surface area contributed by atoms with E-state index in [0.717, 1.165) is 26.0 Å². The van der Waals surface area contributed by atoms with Gasteiger partial charge in [-0.25, -0.2) is 4.79 Å². The van der Waals surface area contributed by atoms with Crippen LogP contribution < -0.4 is 5.32 Å². The van der Waals surface area contributed by atoms with E-state index in [4.69, 9.17) is 9.47 Å². The minimum Gasteiger partial charge on any atom is -0.444 e. The lowest BCUT2D eigenvalue weighted by Gasteiger charge is -2.36. The Morgan fingerprint density at radius 2 is 2.22 bits per heavy atom. The summed E-state index contributed by atoms with van der Waals surface area (Å²) < 4.78 is 11.1. The largest absolute Gasteiger partial charge is 0.444 e. The lowest BCUT2D eigenvalue weighted by Crippen LogP contribution is -2.57. The van der Waals surface area contributed by atoms with E-state index in [9.17, 15) is 4.79 Å². The van der Waals surface area contributed by atoms with Crippen molar-refractivity contribution >= 4 is 6.09 Å². The van der Waals surface area contributed by atoms with Crippen LogP contribution >= 0.6 is 0 Å². The molecule has 0 aliphatic carbocycles. The topological polar surface area (TPSA) is 50.8 Å². The molecule has 2 fully saturated rings. The molecule has 0 aromatic heterocycles. The van der Waals surface area contributed by atoms with E-state index in [0.29, 0.717) is 13.1 Å². The first-order chi connectivity index (χ1) is 8.46. The van der Waals surface area contributed by atoms with Crippen LogP contribution in [0.3, 0.4) is 0 Å². The second kappa shape index (κ2) is 5.45. The smallest absolute Gasteiger partial charge is 0.410 e. The first-order valence-electron chi connectivity index (χ1n) is 6.78. The number of hydrogen-bond donors (Lipinski definition) is 1. The van der Waals surface area contributed by atoms with Crippen LogP contribution in [0.15, 0.2) is 0 Å². The fraction of sp³-hybridized carbons (Fsp3) is 0.923. The van der Waals surface area contributed by atoms with E-state index >= 15 is 0 Å². The van der Waals surface area contributed by atoms with Crippen LogP contribution in [-0.4, -0.2) is 55.0 Å². The number of nitrogens with one attached hydrogen (secondary N) is 1. The standard InChI is InChI=1S/C13H24N2O3/c1-13(2,3)18-12(16)15-7-6-14-10(9-15)11-5-4-8-17-11/h10-11,14H,4-9H2,1-3H3. The molecule has 0 radical (unpaired) electrons. The number of carbonyl (C=O) groups is 1. The number of amides is 1. The molecule has 2 atom stereocenters. The molecule has 5 heteroatoms. The number of piperazine rings is 1. The highest BCUT2D eigenvalue weighted by molar-refractivity contribution is 5.68. The van der Waals surface area contributed by atoms with Gasteiger partial charge in [0.1, 0.15) is 5.60 Å². The molecule has 1 N–H and O–H groups in total. The second-order valence-corrected chi connectivity index (χ2v) is 6.04. The predicted molar refractivity (Wildman–Crippen MR) is 68.6 cm³/mol. The van der Waals surface area contributed by atoms with Crippen LogP contribution in [0.25, 0.3) is 0 Å². The molecule has 2 rings (SSSR count). The fourth-order valence-corrected chi connectivity index (χ4v) is 2.44. The van der Waals surface area contributed by atoms with Crippen molar-refractivity contribution in [1.29, 1.82) is 0 Å². The van der Waals surface area contributed by atoms with Crippen LogP contribution in [0.4, 0.5) is 4.79 Å². The molecule has 104 valence electrons. The Balaban J connectivity index is 1.87. The Kier molecular flexibility index (Phi) is 4.12. The van der Waals surface area contributed by atoms with Gasteiger partial charge in [-0.1, -0.05) is 0 Å². The monoisotopic (exact) mass is 256 g/mol. The molecule has 5 nitrogen and oxygen atoms in total. The van der Waals surface area contributed by atoms with Crippen molar-refractivity contribution in [3.63, 3.8) is 0 Å². The van der Waals surface area contributed by atoms with Crippen LogP contribution in [0, 0.1) is 0 Å². The minimum absolute atomic E-state index is 0.216. The Bertz CT molecular complexity index is 295. The summed E-state index contributed by atoms with van der Waals surface area (Å²) in [7, 11) is 0. The maximum absolute atomic E-state index is 12.0. The lowest BCUT2D eigenvalue weighted by molar-refractivity contribution is 0.00711. The van der Waals surface area contributed by atoms with E-state index in [1.165, 1.54) is 0 Å². The highest BCUT2D eigenvalue weighted by atomic mass is 16.6. The van der Waals surface area contributed by atoms with Crippen molar-refractivity contribution in [2.24, 2.45) is 0 Å². The van der Waals surface area contributed by atoms with Gasteiger partial charge in [-0.2, -0.15) is 0 Å². The molecule has 2 saturated heterocycles. The quantitative estimate of drug-likeness (QED) is 0.770. The second-order valence-electron chi connectivity index (χ2n) is 6.04.